The molecule has 2 N–H and O–H groups in total. The highest BCUT2D eigenvalue weighted by atomic mass is 127. The van der Waals surface area contributed by atoms with Gasteiger partial charge in [0.15, 0.2) is 17.5 Å². The molecule has 0 bridgehead atoms. The van der Waals surface area contributed by atoms with E-state index in [9.17, 15) is 0 Å². The largest absolute Gasteiger partial charge is 0.497 e. The van der Waals surface area contributed by atoms with Gasteiger partial charge in [0.1, 0.15) is 5.75 Å². The zero-order valence-corrected chi connectivity index (χ0v) is 21.6. The molecule has 0 spiro atoms. The van der Waals surface area contributed by atoms with Gasteiger partial charge in [-0.2, -0.15) is 0 Å². The van der Waals surface area contributed by atoms with Crippen LogP contribution in [0.15, 0.2) is 47.5 Å². The predicted molar refractivity (Wildman–Crippen MR) is 137 cm³/mol. The first kappa shape index (κ1) is 26.8. The number of methoxy groups -OCH3 is 3. The average Bonchev–Trinajstić information content (AvgIpc) is 2.77. The van der Waals surface area contributed by atoms with Crippen molar-refractivity contribution < 1.29 is 14.2 Å². The molecule has 7 nitrogen and oxygen atoms in total. The molecular formula is C23H35IN4O3. The van der Waals surface area contributed by atoms with Crippen LogP contribution in [0.1, 0.15) is 17.2 Å². The van der Waals surface area contributed by atoms with Crippen molar-refractivity contribution in [3.63, 3.8) is 0 Å². The van der Waals surface area contributed by atoms with E-state index in [0.717, 1.165) is 42.7 Å². The van der Waals surface area contributed by atoms with E-state index >= 15 is 0 Å². The fourth-order valence-corrected chi connectivity index (χ4v) is 3.20. The number of benzene rings is 2. The molecule has 2 aromatic rings. The number of nitrogens with zero attached hydrogens (tertiary/aromatic N) is 2. The summed E-state index contributed by atoms with van der Waals surface area (Å²) in [4.78, 5) is 6.53. The number of aliphatic imine (C=N–C) groups is 1. The standard InChI is InChI=1S/C23H34N4O3.HI/c1-24-23(25-14-13-17-7-12-21(29-5)22(15-17)30-6)26-16-20(27(2)3)18-8-10-19(28-4)11-9-18;/h7-12,15,20H,13-14,16H2,1-6H3,(H2,24,25,26);1H. The van der Waals surface area contributed by atoms with Crippen molar-refractivity contribution in [1.82, 2.24) is 15.5 Å². The van der Waals surface area contributed by atoms with Gasteiger partial charge in [-0.05, 0) is 55.9 Å². The van der Waals surface area contributed by atoms with E-state index in [1.807, 2.05) is 30.3 Å². The summed E-state index contributed by atoms with van der Waals surface area (Å²) >= 11 is 0. The molecule has 0 aliphatic carbocycles. The van der Waals surface area contributed by atoms with Crippen LogP contribution in [0.2, 0.25) is 0 Å². The zero-order chi connectivity index (χ0) is 21.9. The molecule has 0 radical (unpaired) electrons. The molecule has 172 valence electrons. The topological polar surface area (TPSA) is 67.4 Å². The average molecular weight is 542 g/mol. The van der Waals surface area contributed by atoms with Crippen LogP contribution in [0, 0.1) is 0 Å². The SMILES string of the molecule is CN=C(NCCc1ccc(OC)c(OC)c1)NCC(c1ccc(OC)cc1)N(C)C.I. The minimum Gasteiger partial charge on any atom is -0.497 e. The van der Waals surface area contributed by atoms with Crippen LogP contribution < -0.4 is 24.8 Å². The van der Waals surface area contributed by atoms with Gasteiger partial charge < -0.3 is 29.7 Å². The fourth-order valence-electron chi connectivity index (χ4n) is 3.20. The van der Waals surface area contributed by atoms with Crippen LogP contribution in [-0.2, 0) is 6.42 Å². The van der Waals surface area contributed by atoms with Crippen molar-refractivity contribution in [3.8, 4) is 17.2 Å². The van der Waals surface area contributed by atoms with Gasteiger partial charge in [-0.1, -0.05) is 18.2 Å². The number of hydrogen-bond donors (Lipinski definition) is 2. The van der Waals surface area contributed by atoms with Gasteiger partial charge in [-0.3, -0.25) is 4.99 Å². The van der Waals surface area contributed by atoms with E-state index in [4.69, 9.17) is 14.2 Å². The molecule has 1 unspecified atom stereocenters. The van der Waals surface area contributed by atoms with Gasteiger partial charge >= 0.3 is 0 Å². The maximum absolute atomic E-state index is 5.38. The maximum Gasteiger partial charge on any atom is 0.191 e. The number of guanidine groups is 1. The van der Waals surface area contributed by atoms with E-state index < -0.39 is 0 Å². The van der Waals surface area contributed by atoms with Crippen LogP contribution in [0.25, 0.3) is 0 Å². The molecule has 0 amide bonds. The highest BCUT2D eigenvalue weighted by Gasteiger charge is 2.15. The van der Waals surface area contributed by atoms with Gasteiger partial charge in [0.25, 0.3) is 0 Å². The molecular weight excluding hydrogens is 507 g/mol. The van der Waals surface area contributed by atoms with Crippen molar-refractivity contribution in [1.29, 1.82) is 0 Å². The predicted octanol–water partition coefficient (Wildman–Crippen LogP) is 3.34. The van der Waals surface area contributed by atoms with E-state index in [-0.39, 0.29) is 30.0 Å². The minimum absolute atomic E-state index is 0. The van der Waals surface area contributed by atoms with Gasteiger partial charge in [-0.25, -0.2) is 0 Å². The molecule has 0 aliphatic rings. The Hall–Kier alpha value is -2.20. The lowest BCUT2D eigenvalue weighted by molar-refractivity contribution is 0.298. The number of nitrogens with one attached hydrogen (secondary N) is 2. The summed E-state index contributed by atoms with van der Waals surface area (Å²) < 4.78 is 15.9. The van der Waals surface area contributed by atoms with E-state index in [1.54, 1.807) is 28.4 Å². The first-order valence-electron chi connectivity index (χ1n) is 9.98. The van der Waals surface area contributed by atoms with Crippen LogP contribution >= 0.6 is 24.0 Å². The maximum atomic E-state index is 5.38. The molecule has 31 heavy (non-hydrogen) atoms. The Labute approximate surface area is 203 Å². The Morgan fingerprint density at radius 1 is 0.935 bits per heavy atom. The summed E-state index contributed by atoms with van der Waals surface area (Å²) in [6, 6.07) is 14.4. The second-order valence-corrected chi connectivity index (χ2v) is 7.07. The van der Waals surface area contributed by atoms with E-state index in [1.165, 1.54) is 11.1 Å². The third-order valence-corrected chi connectivity index (χ3v) is 4.96. The zero-order valence-electron chi connectivity index (χ0n) is 19.3. The van der Waals surface area contributed by atoms with E-state index in [2.05, 4.69) is 46.8 Å². The number of rotatable bonds is 10. The molecule has 1 atom stereocenters. The summed E-state index contributed by atoms with van der Waals surface area (Å²) in [7, 11) is 10.9. The second-order valence-electron chi connectivity index (χ2n) is 7.07. The van der Waals surface area contributed by atoms with Crippen molar-refractivity contribution in [2.24, 2.45) is 4.99 Å². The normalized spacial score (nSPS) is 12.0. The Morgan fingerprint density at radius 2 is 1.61 bits per heavy atom. The highest BCUT2D eigenvalue weighted by molar-refractivity contribution is 14.0. The van der Waals surface area contributed by atoms with Crippen molar-refractivity contribution >= 4 is 29.9 Å². The van der Waals surface area contributed by atoms with Crippen LogP contribution in [-0.4, -0.2) is 66.4 Å². The first-order valence-corrected chi connectivity index (χ1v) is 9.98. The Kier molecular flexibility index (Phi) is 12.1. The third-order valence-electron chi connectivity index (χ3n) is 4.96. The van der Waals surface area contributed by atoms with Crippen LogP contribution in [0.3, 0.4) is 0 Å². The third kappa shape index (κ3) is 8.10. The first-order chi connectivity index (χ1) is 14.5. The lowest BCUT2D eigenvalue weighted by Gasteiger charge is -2.26. The summed E-state index contributed by atoms with van der Waals surface area (Å²) in [6.07, 6.45) is 0.844. The molecule has 0 saturated heterocycles. The Balaban J connectivity index is 0.00000480. The number of halogens is 1. The summed E-state index contributed by atoms with van der Waals surface area (Å²) in [5.41, 5.74) is 2.38. The molecule has 0 aromatic heterocycles. The van der Waals surface area contributed by atoms with Gasteiger partial charge in [0, 0.05) is 20.1 Å². The van der Waals surface area contributed by atoms with Gasteiger partial charge in [-0.15, -0.1) is 24.0 Å². The lowest BCUT2D eigenvalue weighted by Crippen LogP contribution is -2.42. The fraction of sp³-hybridized carbons (Fsp3) is 0.435. The summed E-state index contributed by atoms with van der Waals surface area (Å²) in [5, 5.41) is 6.80. The second kappa shape index (κ2) is 14.0. The molecule has 0 heterocycles. The summed E-state index contributed by atoms with van der Waals surface area (Å²) in [5.74, 6) is 3.11. The van der Waals surface area contributed by atoms with Gasteiger partial charge in [0.2, 0.25) is 0 Å². The minimum atomic E-state index is 0. The Morgan fingerprint density at radius 3 is 2.16 bits per heavy atom. The molecule has 0 saturated carbocycles. The lowest BCUT2D eigenvalue weighted by atomic mass is 10.1. The smallest absolute Gasteiger partial charge is 0.191 e. The molecule has 0 fully saturated rings. The van der Waals surface area contributed by atoms with Crippen molar-refractivity contribution in [2.75, 3.05) is 55.6 Å². The van der Waals surface area contributed by atoms with E-state index in [0.29, 0.717) is 0 Å². The summed E-state index contributed by atoms with van der Waals surface area (Å²) in [6.45, 7) is 1.49. The van der Waals surface area contributed by atoms with Crippen molar-refractivity contribution in [2.45, 2.75) is 12.5 Å². The number of likely N-dealkylation sites (N-methyl/N-ethyl adjacent to an activating group) is 1. The van der Waals surface area contributed by atoms with Crippen LogP contribution in [0.5, 0.6) is 17.2 Å². The monoisotopic (exact) mass is 542 g/mol. The highest BCUT2D eigenvalue weighted by Crippen LogP contribution is 2.27. The molecule has 8 heteroatoms. The quantitative estimate of drug-likeness (QED) is 0.273. The molecule has 2 aromatic carbocycles. The molecule has 2 rings (SSSR count). The van der Waals surface area contributed by atoms with Crippen molar-refractivity contribution in [3.05, 3.63) is 53.6 Å². The molecule has 0 aliphatic heterocycles. The van der Waals surface area contributed by atoms with Gasteiger partial charge in [0.05, 0.1) is 27.4 Å². The number of ether oxygens (including phenoxy) is 3. The van der Waals surface area contributed by atoms with Crippen LogP contribution in [0.4, 0.5) is 0 Å². The number of hydrogen-bond acceptors (Lipinski definition) is 5. The Bertz CT molecular complexity index is 813.